The van der Waals surface area contributed by atoms with Gasteiger partial charge < -0.3 is 10.1 Å². The van der Waals surface area contributed by atoms with E-state index in [4.69, 9.17) is 4.74 Å². The van der Waals surface area contributed by atoms with E-state index in [0.29, 0.717) is 6.54 Å². The summed E-state index contributed by atoms with van der Waals surface area (Å²) in [5, 5.41) is 2.64. The fourth-order valence-corrected chi connectivity index (χ4v) is 1.79. The summed E-state index contributed by atoms with van der Waals surface area (Å²) < 4.78 is 5.39. The number of hydrogen-bond acceptors (Lipinski definition) is 3. The maximum Gasteiger partial charge on any atom is 0.233 e. The van der Waals surface area contributed by atoms with E-state index in [1.807, 2.05) is 0 Å². The number of ether oxygens (including phenoxy) is 1. The molecule has 13 heavy (non-hydrogen) atoms. The predicted octanol–water partition coefficient (Wildman–Crippen LogP) is -0.403. The Balaban J connectivity index is 1.74. The van der Waals surface area contributed by atoms with Crippen molar-refractivity contribution in [2.45, 2.75) is 18.4 Å². The fourth-order valence-electron chi connectivity index (χ4n) is 1.79. The van der Waals surface area contributed by atoms with E-state index >= 15 is 0 Å². The van der Waals surface area contributed by atoms with Crippen LogP contribution >= 0.6 is 0 Å². The van der Waals surface area contributed by atoms with Gasteiger partial charge >= 0.3 is 0 Å². The molecule has 1 N–H and O–H groups in total. The lowest BCUT2D eigenvalue weighted by Gasteiger charge is -2.29. The zero-order valence-corrected chi connectivity index (χ0v) is 8.01. The van der Waals surface area contributed by atoms with Crippen LogP contribution < -0.4 is 5.32 Å². The molecule has 1 spiro atoms. The number of rotatable bonds is 2. The molecule has 2 saturated heterocycles. The molecule has 0 bridgehead atoms. The monoisotopic (exact) mass is 184 g/mol. The lowest BCUT2D eigenvalue weighted by Crippen LogP contribution is -2.42. The lowest BCUT2D eigenvalue weighted by atomic mass is 9.98. The molecule has 0 aromatic carbocycles. The molecule has 0 radical (unpaired) electrons. The van der Waals surface area contributed by atoms with E-state index in [-0.39, 0.29) is 11.5 Å². The first kappa shape index (κ1) is 8.97. The highest BCUT2D eigenvalue weighted by Gasteiger charge is 2.46. The van der Waals surface area contributed by atoms with Crippen molar-refractivity contribution in [1.82, 2.24) is 10.2 Å². The van der Waals surface area contributed by atoms with Gasteiger partial charge in [-0.3, -0.25) is 9.69 Å². The third-order valence-electron chi connectivity index (χ3n) is 2.97. The summed E-state index contributed by atoms with van der Waals surface area (Å²) in [6.07, 6.45) is 2.17. The van der Waals surface area contributed by atoms with E-state index in [1.165, 1.54) is 0 Å². The number of piperidine rings is 1. The minimum absolute atomic E-state index is 0.104. The van der Waals surface area contributed by atoms with Gasteiger partial charge in [0.2, 0.25) is 5.91 Å². The Kier molecular flexibility index (Phi) is 2.26. The summed E-state index contributed by atoms with van der Waals surface area (Å²) in [5.41, 5.74) is 0.221. The molecule has 2 fully saturated rings. The third-order valence-corrected chi connectivity index (χ3v) is 2.97. The van der Waals surface area contributed by atoms with Crippen molar-refractivity contribution in [3.63, 3.8) is 0 Å². The van der Waals surface area contributed by atoms with Gasteiger partial charge in [0.25, 0.3) is 0 Å². The standard InChI is InChI=1S/C9H16N2O2/c1-10-8(12)6-11-4-2-9(3-5-11)7-13-9/h2-7H2,1H3,(H,10,12). The van der Waals surface area contributed by atoms with Crippen LogP contribution in [0.3, 0.4) is 0 Å². The summed E-state index contributed by atoms with van der Waals surface area (Å²) in [7, 11) is 1.68. The largest absolute Gasteiger partial charge is 0.369 e. The summed E-state index contributed by atoms with van der Waals surface area (Å²) in [4.78, 5) is 13.3. The number of likely N-dealkylation sites (N-methyl/N-ethyl adjacent to an activating group) is 1. The SMILES string of the molecule is CNC(=O)CN1CCC2(CC1)CO2. The third kappa shape index (κ3) is 2.00. The van der Waals surface area contributed by atoms with Gasteiger partial charge in [-0.1, -0.05) is 0 Å². The Morgan fingerprint density at radius 3 is 2.62 bits per heavy atom. The van der Waals surface area contributed by atoms with Gasteiger partial charge in [0, 0.05) is 20.1 Å². The molecule has 2 heterocycles. The Morgan fingerprint density at radius 1 is 1.54 bits per heavy atom. The predicted molar refractivity (Wildman–Crippen MR) is 48.4 cm³/mol. The highest BCUT2D eigenvalue weighted by molar-refractivity contribution is 5.77. The van der Waals surface area contributed by atoms with Crippen LogP contribution in [0.25, 0.3) is 0 Å². The number of amides is 1. The van der Waals surface area contributed by atoms with Gasteiger partial charge in [-0.15, -0.1) is 0 Å². The normalized spacial score (nSPS) is 25.9. The molecular formula is C9H16N2O2. The van der Waals surface area contributed by atoms with Crippen molar-refractivity contribution in [2.75, 3.05) is 33.3 Å². The quantitative estimate of drug-likeness (QED) is 0.594. The number of carbonyl (C=O) groups excluding carboxylic acids is 1. The van der Waals surface area contributed by atoms with Crippen LogP contribution in [-0.4, -0.2) is 49.7 Å². The van der Waals surface area contributed by atoms with Crippen LogP contribution in [0.5, 0.6) is 0 Å². The Hall–Kier alpha value is -0.610. The summed E-state index contributed by atoms with van der Waals surface area (Å²) in [5.74, 6) is 0.104. The molecule has 0 aliphatic carbocycles. The van der Waals surface area contributed by atoms with Gasteiger partial charge in [-0.05, 0) is 12.8 Å². The molecule has 0 unspecified atom stereocenters. The Morgan fingerprint density at radius 2 is 2.15 bits per heavy atom. The van der Waals surface area contributed by atoms with Crippen molar-refractivity contribution in [1.29, 1.82) is 0 Å². The molecule has 1 amide bonds. The van der Waals surface area contributed by atoms with Crippen molar-refractivity contribution in [2.24, 2.45) is 0 Å². The number of carbonyl (C=O) groups is 1. The molecule has 4 nitrogen and oxygen atoms in total. The first-order valence-corrected chi connectivity index (χ1v) is 4.81. The van der Waals surface area contributed by atoms with Crippen molar-refractivity contribution < 1.29 is 9.53 Å². The second-order valence-corrected chi connectivity index (χ2v) is 3.92. The van der Waals surface area contributed by atoms with E-state index in [9.17, 15) is 4.79 Å². The zero-order valence-electron chi connectivity index (χ0n) is 8.01. The summed E-state index contributed by atoms with van der Waals surface area (Å²) in [6, 6.07) is 0. The van der Waals surface area contributed by atoms with Gasteiger partial charge in [0.15, 0.2) is 0 Å². The maximum atomic E-state index is 11.1. The number of nitrogens with one attached hydrogen (secondary N) is 1. The van der Waals surface area contributed by atoms with E-state index in [0.717, 1.165) is 32.5 Å². The number of epoxide rings is 1. The molecule has 2 aliphatic rings. The van der Waals surface area contributed by atoms with Crippen molar-refractivity contribution in [3.8, 4) is 0 Å². The second-order valence-electron chi connectivity index (χ2n) is 3.92. The van der Waals surface area contributed by atoms with Crippen LogP contribution in [0.4, 0.5) is 0 Å². The van der Waals surface area contributed by atoms with Crippen molar-refractivity contribution in [3.05, 3.63) is 0 Å². The molecule has 74 valence electrons. The van der Waals surface area contributed by atoms with Crippen molar-refractivity contribution >= 4 is 5.91 Å². The molecular weight excluding hydrogens is 168 g/mol. The van der Waals surface area contributed by atoms with Crippen LogP contribution in [-0.2, 0) is 9.53 Å². The minimum Gasteiger partial charge on any atom is -0.369 e. The average molecular weight is 184 g/mol. The van der Waals surface area contributed by atoms with Crippen LogP contribution in [0.15, 0.2) is 0 Å². The molecule has 2 aliphatic heterocycles. The summed E-state index contributed by atoms with van der Waals surface area (Å²) in [6.45, 7) is 3.45. The first-order valence-electron chi connectivity index (χ1n) is 4.81. The maximum absolute atomic E-state index is 11.1. The molecule has 0 saturated carbocycles. The average Bonchev–Trinajstić information content (AvgIpc) is 2.90. The van der Waals surface area contributed by atoms with Gasteiger partial charge in [0.1, 0.15) is 0 Å². The molecule has 4 heteroatoms. The highest BCUT2D eigenvalue weighted by atomic mass is 16.6. The molecule has 0 atom stereocenters. The number of likely N-dealkylation sites (tertiary alicyclic amines) is 1. The first-order chi connectivity index (χ1) is 6.24. The van der Waals surface area contributed by atoms with Crippen LogP contribution in [0.2, 0.25) is 0 Å². The fraction of sp³-hybridized carbons (Fsp3) is 0.889. The minimum atomic E-state index is 0.104. The molecule has 0 aromatic rings. The summed E-state index contributed by atoms with van der Waals surface area (Å²) >= 11 is 0. The number of nitrogens with zero attached hydrogens (tertiary/aromatic N) is 1. The molecule has 0 aromatic heterocycles. The highest BCUT2D eigenvalue weighted by Crippen LogP contribution is 2.37. The second kappa shape index (κ2) is 3.27. The van der Waals surface area contributed by atoms with E-state index in [2.05, 4.69) is 10.2 Å². The molecule has 2 rings (SSSR count). The van der Waals surface area contributed by atoms with E-state index in [1.54, 1.807) is 7.05 Å². The van der Waals surface area contributed by atoms with E-state index < -0.39 is 0 Å². The Bertz CT molecular complexity index is 204. The smallest absolute Gasteiger partial charge is 0.233 e. The Labute approximate surface area is 78.2 Å². The van der Waals surface area contributed by atoms with Crippen LogP contribution in [0.1, 0.15) is 12.8 Å². The van der Waals surface area contributed by atoms with Gasteiger partial charge in [-0.25, -0.2) is 0 Å². The van der Waals surface area contributed by atoms with Crippen LogP contribution in [0, 0.1) is 0 Å². The lowest BCUT2D eigenvalue weighted by molar-refractivity contribution is -0.122. The number of hydrogen-bond donors (Lipinski definition) is 1. The van der Waals surface area contributed by atoms with Gasteiger partial charge in [0.05, 0.1) is 18.8 Å². The zero-order chi connectivity index (χ0) is 9.31. The van der Waals surface area contributed by atoms with Gasteiger partial charge in [-0.2, -0.15) is 0 Å². The topological polar surface area (TPSA) is 44.9 Å².